The number of aliphatic imine (C=N–C) groups is 1. The highest BCUT2D eigenvalue weighted by molar-refractivity contribution is 5.92. The molecule has 102 valence electrons. The summed E-state index contributed by atoms with van der Waals surface area (Å²) >= 11 is 0. The second kappa shape index (κ2) is 4.22. The van der Waals surface area contributed by atoms with E-state index in [4.69, 9.17) is 0 Å². The van der Waals surface area contributed by atoms with Gasteiger partial charge in [-0.05, 0) is 36.5 Å². The normalized spacial score (nSPS) is 17.4. The van der Waals surface area contributed by atoms with E-state index < -0.39 is 0 Å². The fourth-order valence-electron chi connectivity index (χ4n) is 3.89. The zero-order chi connectivity index (χ0) is 13.7. The van der Waals surface area contributed by atoms with Crippen molar-refractivity contribution >= 4 is 22.8 Å². The molecule has 1 saturated heterocycles. The molecule has 0 spiro atoms. The number of hydrogen-bond donors (Lipinski definition) is 0. The number of piperidine rings is 1. The molecule has 0 radical (unpaired) electrons. The number of hydrogen-bond acceptors (Lipinski definition) is 3. The summed E-state index contributed by atoms with van der Waals surface area (Å²) in [4.78, 5) is 16.5. The van der Waals surface area contributed by atoms with Gasteiger partial charge in [-0.25, -0.2) is 9.79 Å². The van der Waals surface area contributed by atoms with E-state index in [0.29, 0.717) is 12.5 Å². The molecule has 1 aromatic heterocycles. The summed E-state index contributed by atoms with van der Waals surface area (Å²) in [6.07, 6.45) is 4.15. The molecular formula is C16H17N3O. The highest BCUT2D eigenvalue weighted by Crippen LogP contribution is 2.47. The molecule has 4 heterocycles. The molecule has 0 N–H and O–H groups in total. The van der Waals surface area contributed by atoms with Gasteiger partial charge < -0.3 is 9.47 Å². The van der Waals surface area contributed by atoms with Gasteiger partial charge in [0.15, 0.2) is 0 Å². The van der Waals surface area contributed by atoms with Crippen LogP contribution >= 0.6 is 0 Å². The number of anilines is 1. The lowest BCUT2D eigenvalue weighted by Gasteiger charge is -2.41. The monoisotopic (exact) mass is 267 g/mol. The molecule has 3 aliphatic heterocycles. The van der Waals surface area contributed by atoms with Crippen LogP contribution in [0.3, 0.4) is 0 Å². The Labute approximate surface area is 117 Å². The van der Waals surface area contributed by atoms with E-state index in [1.807, 2.05) is 0 Å². The van der Waals surface area contributed by atoms with E-state index >= 15 is 0 Å². The summed E-state index contributed by atoms with van der Waals surface area (Å²) in [5, 5.41) is 1.34. The summed E-state index contributed by atoms with van der Waals surface area (Å²) < 4.78 is 2.32. The van der Waals surface area contributed by atoms with Gasteiger partial charge in [0.1, 0.15) is 5.82 Å². The quantitative estimate of drug-likeness (QED) is 0.620. The Morgan fingerprint density at radius 1 is 1.35 bits per heavy atom. The third kappa shape index (κ3) is 1.49. The van der Waals surface area contributed by atoms with Gasteiger partial charge in [0.25, 0.3) is 0 Å². The second-order valence-corrected chi connectivity index (χ2v) is 5.82. The number of fused-ring (bicyclic) bond motifs is 3. The lowest BCUT2D eigenvalue weighted by Crippen LogP contribution is -2.39. The van der Waals surface area contributed by atoms with Crippen molar-refractivity contribution in [2.45, 2.75) is 25.3 Å². The van der Waals surface area contributed by atoms with E-state index in [1.165, 1.54) is 48.2 Å². The summed E-state index contributed by atoms with van der Waals surface area (Å²) in [5.41, 5.74) is 3.88. The van der Waals surface area contributed by atoms with Gasteiger partial charge in [0.05, 0.1) is 6.54 Å². The Morgan fingerprint density at radius 3 is 2.90 bits per heavy atom. The molecule has 0 atom stereocenters. The largest absolute Gasteiger partial charge is 0.358 e. The fourth-order valence-corrected chi connectivity index (χ4v) is 3.89. The minimum Gasteiger partial charge on any atom is -0.358 e. The molecule has 0 amide bonds. The molecule has 3 aliphatic rings. The van der Waals surface area contributed by atoms with Crippen LogP contribution in [0.2, 0.25) is 0 Å². The van der Waals surface area contributed by atoms with Crippen molar-refractivity contribution in [3.05, 3.63) is 29.3 Å². The van der Waals surface area contributed by atoms with Crippen molar-refractivity contribution in [2.24, 2.45) is 12.0 Å². The van der Waals surface area contributed by atoms with Gasteiger partial charge in [-0.1, -0.05) is 6.07 Å². The third-order valence-corrected chi connectivity index (χ3v) is 4.80. The number of isocyanates is 1. The molecular weight excluding hydrogens is 250 g/mol. The summed E-state index contributed by atoms with van der Waals surface area (Å²) in [6, 6.07) is 6.42. The van der Waals surface area contributed by atoms with Crippen LogP contribution in [0.25, 0.3) is 10.9 Å². The Kier molecular flexibility index (Phi) is 2.48. The average molecular weight is 267 g/mol. The van der Waals surface area contributed by atoms with Crippen LogP contribution in [-0.2, 0) is 18.4 Å². The van der Waals surface area contributed by atoms with Crippen LogP contribution in [-0.4, -0.2) is 23.7 Å². The first kappa shape index (κ1) is 11.7. The van der Waals surface area contributed by atoms with Crippen LogP contribution in [0.5, 0.6) is 0 Å². The van der Waals surface area contributed by atoms with E-state index in [1.54, 1.807) is 6.08 Å². The standard InChI is InChI=1S/C16H17N3O/c1-18-14-3-2-11(9-17-10-20)8-13(14)15-12-4-6-19(7-5-12)16(15)18/h2-3,8,12H,4-7,9H2,1H3. The first-order valence-corrected chi connectivity index (χ1v) is 7.19. The molecule has 1 fully saturated rings. The molecule has 0 saturated carbocycles. The van der Waals surface area contributed by atoms with Gasteiger partial charge in [0.2, 0.25) is 6.08 Å². The fraction of sp³-hybridized carbons (Fsp3) is 0.438. The minimum absolute atomic E-state index is 0.428. The van der Waals surface area contributed by atoms with Crippen LogP contribution in [0.15, 0.2) is 23.2 Å². The molecule has 4 heteroatoms. The number of rotatable bonds is 2. The molecule has 2 bridgehead atoms. The minimum atomic E-state index is 0.428. The molecule has 5 rings (SSSR count). The SMILES string of the molecule is Cn1c2c(c3cc(CN=C=O)ccc31)C1CCN2CC1. The summed E-state index contributed by atoms with van der Waals surface area (Å²) in [7, 11) is 2.16. The Hall–Kier alpha value is -2.06. The Bertz CT molecular complexity index is 732. The molecule has 0 unspecified atom stereocenters. The van der Waals surface area contributed by atoms with Crippen LogP contribution in [0.1, 0.15) is 29.9 Å². The number of nitrogens with zero attached hydrogens (tertiary/aromatic N) is 3. The van der Waals surface area contributed by atoms with Crippen LogP contribution < -0.4 is 4.90 Å². The maximum absolute atomic E-state index is 10.3. The predicted molar refractivity (Wildman–Crippen MR) is 78.9 cm³/mol. The molecule has 2 aromatic rings. The Morgan fingerprint density at radius 2 is 2.15 bits per heavy atom. The van der Waals surface area contributed by atoms with E-state index in [0.717, 1.165) is 5.56 Å². The highest BCUT2D eigenvalue weighted by atomic mass is 16.1. The van der Waals surface area contributed by atoms with Crippen molar-refractivity contribution in [3.63, 3.8) is 0 Å². The zero-order valence-corrected chi connectivity index (χ0v) is 11.6. The summed E-state index contributed by atoms with van der Waals surface area (Å²) in [5.74, 6) is 2.10. The second-order valence-electron chi connectivity index (χ2n) is 5.82. The predicted octanol–water partition coefficient (Wildman–Crippen LogP) is 2.71. The maximum Gasteiger partial charge on any atom is 0.235 e. The molecule has 20 heavy (non-hydrogen) atoms. The number of aromatic nitrogens is 1. The van der Waals surface area contributed by atoms with E-state index in [2.05, 4.69) is 39.7 Å². The van der Waals surface area contributed by atoms with E-state index in [-0.39, 0.29) is 0 Å². The number of benzene rings is 1. The lowest BCUT2D eigenvalue weighted by atomic mass is 9.84. The summed E-state index contributed by atoms with van der Waals surface area (Å²) in [6.45, 7) is 2.80. The van der Waals surface area contributed by atoms with Gasteiger partial charge in [-0.15, -0.1) is 0 Å². The average Bonchev–Trinajstić information content (AvgIpc) is 2.82. The third-order valence-electron chi connectivity index (χ3n) is 4.80. The topological polar surface area (TPSA) is 37.6 Å². The smallest absolute Gasteiger partial charge is 0.235 e. The van der Waals surface area contributed by atoms with Gasteiger partial charge in [-0.2, -0.15) is 0 Å². The molecule has 1 aromatic carbocycles. The van der Waals surface area contributed by atoms with Gasteiger partial charge in [-0.3, -0.25) is 0 Å². The van der Waals surface area contributed by atoms with E-state index in [9.17, 15) is 4.79 Å². The van der Waals surface area contributed by atoms with Crippen molar-refractivity contribution in [1.82, 2.24) is 4.57 Å². The van der Waals surface area contributed by atoms with Gasteiger partial charge >= 0.3 is 0 Å². The van der Waals surface area contributed by atoms with Gasteiger partial charge in [0, 0.05) is 36.6 Å². The zero-order valence-electron chi connectivity index (χ0n) is 11.6. The highest BCUT2D eigenvalue weighted by Gasteiger charge is 2.35. The molecule has 4 nitrogen and oxygen atoms in total. The van der Waals surface area contributed by atoms with Crippen molar-refractivity contribution in [1.29, 1.82) is 0 Å². The van der Waals surface area contributed by atoms with Crippen molar-refractivity contribution in [2.75, 3.05) is 18.0 Å². The number of carbonyl (C=O) groups excluding carboxylic acids is 1. The van der Waals surface area contributed by atoms with Crippen LogP contribution in [0, 0.1) is 0 Å². The first-order valence-electron chi connectivity index (χ1n) is 7.19. The Balaban J connectivity index is 1.95. The van der Waals surface area contributed by atoms with Crippen LogP contribution in [0.4, 0.5) is 5.82 Å². The molecule has 0 aliphatic carbocycles. The van der Waals surface area contributed by atoms with Crippen molar-refractivity contribution in [3.8, 4) is 0 Å². The number of aryl methyl sites for hydroxylation is 1. The maximum atomic E-state index is 10.3. The van der Waals surface area contributed by atoms with Crippen molar-refractivity contribution < 1.29 is 4.79 Å². The first-order chi connectivity index (χ1) is 9.79. The lowest BCUT2D eigenvalue weighted by molar-refractivity contribution is 0.469.